The molecule has 0 fully saturated rings. The molecule has 2 aromatic carbocycles. The van der Waals surface area contributed by atoms with E-state index in [0.717, 1.165) is 0 Å². The van der Waals surface area contributed by atoms with E-state index in [1.54, 1.807) is 35.7 Å². The summed E-state index contributed by atoms with van der Waals surface area (Å²) in [5, 5.41) is 5.13. The molecular formula is C29H52N2O2S2. The van der Waals surface area contributed by atoms with E-state index in [4.69, 9.17) is 0 Å². The predicted octanol–water partition coefficient (Wildman–Crippen LogP) is 8.35. The van der Waals surface area contributed by atoms with Crippen LogP contribution in [-0.4, -0.2) is 32.2 Å². The van der Waals surface area contributed by atoms with E-state index >= 15 is 0 Å². The van der Waals surface area contributed by atoms with Crippen LogP contribution in [0.2, 0.25) is 0 Å². The van der Waals surface area contributed by atoms with Gasteiger partial charge in [0, 0.05) is 29.8 Å². The fourth-order valence-corrected chi connectivity index (χ4v) is 3.08. The molecule has 6 heteroatoms. The van der Waals surface area contributed by atoms with Crippen molar-refractivity contribution in [2.75, 3.05) is 20.4 Å². The third-order valence-corrected chi connectivity index (χ3v) is 5.11. The van der Waals surface area contributed by atoms with Crippen LogP contribution in [0.5, 0.6) is 0 Å². The predicted molar refractivity (Wildman–Crippen MR) is 162 cm³/mol. The maximum atomic E-state index is 10.7. The average molecular weight is 525 g/mol. The molecule has 2 amide bonds. The van der Waals surface area contributed by atoms with E-state index in [0.29, 0.717) is 0 Å². The molecule has 0 unspecified atom stereocenters. The van der Waals surface area contributed by atoms with Gasteiger partial charge < -0.3 is 10.6 Å². The Morgan fingerprint density at radius 2 is 0.857 bits per heavy atom. The van der Waals surface area contributed by atoms with Gasteiger partial charge in [0.2, 0.25) is 11.8 Å². The van der Waals surface area contributed by atoms with E-state index in [1.165, 1.54) is 4.90 Å². The highest BCUT2D eigenvalue weighted by Gasteiger charge is 2.19. The molecule has 0 aliphatic heterocycles. The average Bonchev–Trinajstić information content (AvgIpc) is 2.87. The minimum atomic E-state index is -0.241. The summed E-state index contributed by atoms with van der Waals surface area (Å²) >= 11 is 0. The van der Waals surface area contributed by atoms with Crippen LogP contribution in [0.25, 0.3) is 0 Å². The van der Waals surface area contributed by atoms with Gasteiger partial charge in [0.05, 0.1) is 0 Å². The Hall–Kier alpha value is -1.92. The molecule has 202 valence electrons. The topological polar surface area (TPSA) is 58.2 Å². The number of hydrogen-bond acceptors (Lipinski definition) is 4. The van der Waals surface area contributed by atoms with Gasteiger partial charge in [-0.15, -0.1) is 0 Å². The number of rotatable bonds is 2. The zero-order valence-electron chi connectivity index (χ0n) is 24.5. The van der Waals surface area contributed by atoms with Crippen molar-refractivity contribution in [3.05, 3.63) is 66.7 Å². The Kier molecular flexibility index (Phi) is 30.7. The van der Waals surface area contributed by atoms with E-state index in [2.05, 4.69) is 41.2 Å². The number of benzene rings is 2. The van der Waals surface area contributed by atoms with Crippen LogP contribution < -0.4 is 10.6 Å². The third-order valence-electron chi connectivity index (χ3n) is 3.41. The summed E-state index contributed by atoms with van der Waals surface area (Å²) in [6.45, 7) is 19.3. The summed E-state index contributed by atoms with van der Waals surface area (Å²) < 4.78 is 0. The molecule has 0 spiro atoms. The number of carbonyl (C=O) groups excluding carboxylic acids is 2. The molecule has 0 saturated heterocycles. The molecule has 0 saturated carbocycles. The van der Waals surface area contributed by atoms with E-state index in [-0.39, 0.29) is 22.6 Å². The van der Waals surface area contributed by atoms with Gasteiger partial charge in [0.1, 0.15) is 0 Å². The van der Waals surface area contributed by atoms with Crippen molar-refractivity contribution in [2.24, 2.45) is 10.8 Å². The Bertz CT molecular complexity index is 643. The third kappa shape index (κ3) is 30.0. The number of carbonyl (C=O) groups is 2. The van der Waals surface area contributed by atoms with Gasteiger partial charge in [0.15, 0.2) is 0 Å². The fraction of sp³-hybridized carbons (Fsp3) is 0.517. The molecule has 0 bridgehead atoms. The lowest BCUT2D eigenvalue weighted by atomic mass is 9.96. The summed E-state index contributed by atoms with van der Waals surface area (Å²) in [7, 11) is 6.86. The first-order valence-corrected chi connectivity index (χ1v) is 14.7. The Balaban J connectivity index is -0.000000175. The second kappa shape index (κ2) is 26.7. The first-order valence-electron chi connectivity index (χ1n) is 12.1. The Morgan fingerprint density at radius 1 is 0.600 bits per heavy atom. The monoisotopic (exact) mass is 524 g/mol. The van der Waals surface area contributed by atoms with Crippen LogP contribution in [0.4, 0.5) is 0 Å². The molecule has 4 nitrogen and oxygen atoms in total. The van der Waals surface area contributed by atoms with E-state index < -0.39 is 0 Å². The van der Waals surface area contributed by atoms with Gasteiger partial charge >= 0.3 is 0 Å². The second-order valence-corrected chi connectivity index (χ2v) is 10.8. The van der Waals surface area contributed by atoms with Crippen molar-refractivity contribution in [2.45, 2.75) is 74.1 Å². The molecular weight excluding hydrogens is 472 g/mol. The molecule has 0 heterocycles. The number of nitrogens with one attached hydrogen (secondary N) is 2. The van der Waals surface area contributed by atoms with Crippen LogP contribution in [0.15, 0.2) is 71.6 Å². The van der Waals surface area contributed by atoms with Gasteiger partial charge in [-0.3, -0.25) is 9.59 Å². The first kappa shape index (κ1) is 40.3. The highest BCUT2D eigenvalue weighted by molar-refractivity contribution is 8.76. The number of hydrogen-bond donors (Lipinski definition) is 2. The summed E-state index contributed by atoms with van der Waals surface area (Å²) in [6.07, 6.45) is 2.08. The van der Waals surface area contributed by atoms with Crippen molar-refractivity contribution < 1.29 is 9.59 Å². The largest absolute Gasteiger partial charge is 0.359 e. The van der Waals surface area contributed by atoms with Crippen molar-refractivity contribution in [3.63, 3.8) is 0 Å². The first-order chi connectivity index (χ1) is 16.4. The van der Waals surface area contributed by atoms with Crippen LogP contribution in [-0.2, 0) is 9.59 Å². The van der Waals surface area contributed by atoms with Gasteiger partial charge in [-0.2, -0.15) is 0 Å². The summed E-state index contributed by atoms with van der Waals surface area (Å²) in [5.41, 5.74) is -0.483. The van der Waals surface area contributed by atoms with Crippen LogP contribution >= 0.6 is 21.6 Å². The van der Waals surface area contributed by atoms with Gasteiger partial charge in [-0.05, 0) is 18.4 Å². The fourth-order valence-electron chi connectivity index (χ4n) is 1.71. The van der Waals surface area contributed by atoms with Crippen molar-refractivity contribution in [1.29, 1.82) is 0 Å². The minimum Gasteiger partial charge on any atom is -0.359 e. The van der Waals surface area contributed by atoms with Gasteiger partial charge in [0.25, 0.3) is 0 Å². The van der Waals surface area contributed by atoms with Crippen molar-refractivity contribution in [1.82, 2.24) is 10.6 Å². The number of amides is 2. The van der Waals surface area contributed by atoms with Crippen LogP contribution in [0.1, 0.15) is 69.2 Å². The SMILES string of the molecule is CC.CC.CNC(=O)C(C)(C)C.CNC(=O)C(C)(C)C.CSSc1ccccc1.c1ccccc1. The van der Waals surface area contributed by atoms with Crippen molar-refractivity contribution >= 4 is 33.4 Å². The molecule has 35 heavy (non-hydrogen) atoms. The molecule has 0 aromatic heterocycles. The Labute approximate surface area is 225 Å². The van der Waals surface area contributed by atoms with E-state index in [1.807, 2.05) is 112 Å². The zero-order chi connectivity index (χ0) is 28.3. The minimum absolute atomic E-state index is 0.0810. The summed E-state index contributed by atoms with van der Waals surface area (Å²) in [6, 6.07) is 22.4. The molecule has 2 N–H and O–H groups in total. The van der Waals surface area contributed by atoms with Crippen LogP contribution in [0, 0.1) is 10.8 Å². The van der Waals surface area contributed by atoms with E-state index in [9.17, 15) is 9.59 Å². The normalized spacial score (nSPS) is 9.17. The smallest absolute Gasteiger partial charge is 0.225 e. The molecule has 0 atom stereocenters. The molecule has 0 aliphatic carbocycles. The Morgan fingerprint density at radius 3 is 1.03 bits per heavy atom. The van der Waals surface area contributed by atoms with Gasteiger partial charge in [-0.1, -0.05) is 145 Å². The quantitative estimate of drug-likeness (QED) is 0.388. The zero-order valence-corrected chi connectivity index (χ0v) is 26.1. The van der Waals surface area contributed by atoms with Crippen molar-refractivity contribution in [3.8, 4) is 0 Å². The molecule has 2 rings (SSSR count). The standard InChI is InChI=1S/C7H8S2.2C6H13NO.C6H6.2C2H6/c1-8-9-7-5-3-2-4-6-7;2*1-6(2,3)5(8)7-4;1-2-4-6-5-3-1;2*1-2/h2-6H,1H3;2*1-4H3,(H,7,8);1-6H;2*1-2H3. The maximum Gasteiger partial charge on any atom is 0.225 e. The second-order valence-electron chi connectivity index (χ2n) is 8.38. The highest BCUT2D eigenvalue weighted by atomic mass is 33.1. The maximum absolute atomic E-state index is 10.7. The lowest BCUT2D eigenvalue weighted by molar-refractivity contribution is -0.128. The molecule has 0 radical (unpaired) electrons. The highest BCUT2D eigenvalue weighted by Crippen LogP contribution is 2.27. The van der Waals surface area contributed by atoms with Gasteiger partial charge in [-0.25, -0.2) is 0 Å². The lowest BCUT2D eigenvalue weighted by Crippen LogP contribution is -2.31. The molecule has 0 aliphatic rings. The lowest BCUT2D eigenvalue weighted by Gasteiger charge is -2.14. The molecule has 2 aromatic rings. The van der Waals surface area contributed by atoms with Crippen LogP contribution in [0.3, 0.4) is 0 Å². The summed E-state index contributed by atoms with van der Waals surface area (Å²) in [4.78, 5) is 22.8. The summed E-state index contributed by atoms with van der Waals surface area (Å²) in [5.74, 6) is 0.162.